The summed E-state index contributed by atoms with van der Waals surface area (Å²) in [6.45, 7) is 6.28. The number of benzene rings is 1. The van der Waals surface area contributed by atoms with E-state index >= 15 is 0 Å². The summed E-state index contributed by atoms with van der Waals surface area (Å²) in [4.78, 5) is 14.7. The van der Waals surface area contributed by atoms with Gasteiger partial charge >= 0.3 is 0 Å². The van der Waals surface area contributed by atoms with Crippen LogP contribution in [-0.2, 0) is 14.6 Å². The highest BCUT2D eigenvalue weighted by Crippen LogP contribution is 2.23. The van der Waals surface area contributed by atoms with Crippen molar-refractivity contribution in [2.75, 3.05) is 45.1 Å². The number of hydrogen-bond acceptors (Lipinski definition) is 7. The zero-order chi connectivity index (χ0) is 20.0. The molecule has 9 heteroatoms. The Balaban J connectivity index is 1.57. The van der Waals surface area contributed by atoms with E-state index in [-0.39, 0.29) is 22.2 Å². The summed E-state index contributed by atoms with van der Waals surface area (Å²) in [5, 5.41) is 6.65. The lowest BCUT2D eigenvalue weighted by molar-refractivity contribution is 0.0383. The Labute approximate surface area is 164 Å². The second-order valence-electron chi connectivity index (χ2n) is 6.63. The summed E-state index contributed by atoms with van der Waals surface area (Å²) >= 11 is 0. The first kappa shape index (κ1) is 20.5. The number of hydrogen-bond donors (Lipinski definition) is 1. The molecule has 3 rings (SSSR count). The third-order valence-corrected chi connectivity index (χ3v) is 6.47. The number of carbonyl (C=O) groups is 1. The zero-order valence-corrected chi connectivity index (χ0v) is 16.7. The number of nitrogens with one attached hydrogen (secondary N) is 1. The number of morpholine rings is 1. The van der Waals surface area contributed by atoms with E-state index in [1.165, 1.54) is 0 Å². The quantitative estimate of drug-likeness (QED) is 0.709. The lowest BCUT2D eigenvalue weighted by Crippen LogP contribution is -2.41. The van der Waals surface area contributed by atoms with Crippen LogP contribution >= 0.6 is 0 Å². The molecule has 1 aromatic heterocycles. The molecule has 1 aromatic carbocycles. The third kappa shape index (κ3) is 5.18. The van der Waals surface area contributed by atoms with Crippen LogP contribution in [0, 0.1) is 0 Å². The van der Waals surface area contributed by atoms with Gasteiger partial charge in [0, 0.05) is 37.8 Å². The molecule has 1 aliphatic rings. The van der Waals surface area contributed by atoms with E-state index in [0.29, 0.717) is 24.3 Å². The van der Waals surface area contributed by atoms with Gasteiger partial charge in [-0.2, -0.15) is 0 Å². The van der Waals surface area contributed by atoms with Crippen LogP contribution in [0.3, 0.4) is 0 Å². The fourth-order valence-electron chi connectivity index (χ4n) is 2.97. The van der Waals surface area contributed by atoms with Gasteiger partial charge in [-0.15, -0.1) is 0 Å². The molecular weight excluding hydrogens is 382 g/mol. The van der Waals surface area contributed by atoms with Gasteiger partial charge in [0.1, 0.15) is 0 Å². The first-order valence-corrected chi connectivity index (χ1v) is 11.0. The summed E-state index contributed by atoms with van der Waals surface area (Å²) < 4.78 is 34.7. The Hall–Kier alpha value is -2.23. The predicted octanol–water partition coefficient (Wildman–Crippen LogP) is 1.59. The third-order valence-electron chi connectivity index (χ3n) is 4.53. The summed E-state index contributed by atoms with van der Waals surface area (Å²) in [5.74, 6) is 0.229. The molecule has 28 heavy (non-hydrogen) atoms. The molecule has 0 saturated carbocycles. The van der Waals surface area contributed by atoms with Crippen molar-refractivity contribution in [3.05, 3.63) is 36.0 Å². The molecule has 1 saturated heterocycles. The van der Waals surface area contributed by atoms with Crippen molar-refractivity contribution >= 4 is 15.7 Å². The van der Waals surface area contributed by atoms with E-state index in [1.807, 2.05) is 6.92 Å². The van der Waals surface area contributed by atoms with Gasteiger partial charge in [-0.25, -0.2) is 8.42 Å². The second-order valence-corrected chi connectivity index (χ2v) is 8.74. The normalized spacial score (nSPS) is 15.5. The predicted molar refractivity (Wildman–Crippen MR) is 104 cm³/mol. The van der Waals surface area contributed by atoms with Crippen LogP contribution < -0.4 is 5.32 Å². The SMILES string of the molecule is CCCS(=O)(=O)c1ccc(-c2cc(C(=O)NCCN3CCOCC3)no2)cc1. The van der Waals surface area contributed by atoms with Crippen LogP contribution in [0.4, 0.5) is 0 Å². The van der Waals surface area contributed by atoms with E-state index in [1.54, 1.807) is 30.3 Å². The Morgan fingerprint density at radius 3 is 2.61 bits per heavy atom. The highest BCUT2D eigenvalue weighted by Gasteiger charge is 2.17. The van der Waals surface area contributed by atoms with Crippen molar-refractivity contribution in [1.29, 1.82) is 0 Å². The first-order chi connectivity index (χ1) is 13.5. The second kappa shape index (κ2) is 9.31. The zero-order valence-electron chi connectivity index (χ0n) is 15.9. The number of sulfone groups is 1. The van der Waals surface area contributed by atoms with Crippen LogP contribution in [0.25, 0.3) is 11.3 Å². The van der Waals surface area contributed by atoms with Gasteiger partial charge in [-0.1, -0.05) is 12.1 Å². The molecule has 8 nitrogen and oxygen atoms in total. The summed E-state index contributed by atoms with van der Waals surface area (Å²) in [7, 11) is -3.26. The average Bonchev–Trinajstić information content (AvgIpc) is 3.19. The maximum atomic E-state index is 12.2. The van der Waals surface area contributed by atoms with Gasteiger partial charge in [0.2, 0.25) is 0 Å². The minimum Gasteiger partial charge on any atom is -0.379 e. The lowest BCUT2D eigenvalue weighted by Gasteiger charge is -2.26. The van der Waals surface area contributed by atoms with Crippen LogP contribution in [0.1, 0.15) is 23.8 Å². The number of amides is 1. The maximum absolute atomic E-state index is 12.2. The molecule has 2 heterocycles. The molecule has 0 spiro atoms. The maximum Gasteiger partial charge on any atom is 0.273 e. The number of nitrogens with zero attached hydrogens (tertiary/aromatic N) is 2. The van der Waals surface area contributed by atoms with Gasteiger partial charge in [-0.3, -0.25) is 9.69 Å². The summed E-state index contributed by atoms with van der Waals surface area (Å²) in [6, 6.07) is 7.96. The Morgan fingerprint density at radius 2 is 1.93 bits per heavy atom. The molecule has 0 aliphatic carbocycles. The highest BCUT2D eigenvalue weighted by molar-refractivity contribution is 7.91. The van der Waals surface area contributed by atoms with Crippen molar-refractivity contribution in [2.45, 2.75) is 18.2 Å². The lowest BCUT2D eigenvalue weighted by atomic mass is 10.1. The summed E-state index contributed by atoms with van der Waals surface area (Å²) in [5.41, 5.74) is 0.856. The van der Waals surface area contributed by atoms with Gasteiger partial charge in [0.25, 0.3) is 5.91 Å². The van der Waals surface area contributed by atoms with E-state index in [0.717, 1.165) is 32.8 Å². The first-order valence-electron chi connectivity index (χ1n) is 9.38. The molecular formula is C19H25N3O5S. The average molecular weight is 407 g/mol. The van der Waals surface area contributed by atoms with Gasteiger partial charge in [0.05, 0.1) is 23.9 Å². The van der Waals surface area contributed by atoms with Gasteiger partial charge < -0.3 is 14.6 Å². The number of ether oxygens (including phenoxy) is 1. The largest absolute Gasteiger partial charge is 0.379 e. The van der Waals surface area contributed by atoms with E-state index < -0.39 is 9.84 Å². The molecule has 152 valence electrons. The fraction of sp³-hybridized carbons (Fsp3) is 0.474. The Kier molecular flexibility index (Phi) is 6.82. The minimum absolute atomic E-state index is 0.115. The number of rotatable bonds is 8. The molecule has 1 N–H and O–H groups in total. The van der Waals surface area contributed by atoms with E-state index in [4.69, 9.17) is 9.26 Å². The molecule has 0 atom stereocenters. The molecule has 0 unspecified atom stereocenters. The Bertz CT molecular complexity index is 887. The monoisotopic (exact) mass is 407 g/mol. The van der Waals surface area contributed by atoms with Gasteiger partial charge in [0.15, 0.2) is 21.3 Å². The summed E-state index contributed by atoms with van der Waals surface area (Å²) in [6.07, 6.45) is 0.566. The van der Waals surface area contributed by atoms with Crippen LogP contribution in [-0.4, -0.2) is 69.5 Å². The fourth-order valence-corrected chi connectivity index (χ4v) is 4.30. The number of aromatic nitrogens is 1. The van der Waals surface area contributed by atoms with Crippen LogP contribution in [0.15, 0.2) is 39.8 Å². The van der Waals surface area contributed by atoms with E-state index in [9.17, 15) is 13.2 Å². The van der Waals surface area contributed by atoms with Crippen molar-refractivity contribution in [3.8, 4) is 11.3 Å². The van der Waals surface area contributed by atoms with Crippen molar-refractivity contribution in [3.63, 3.8) is 0 Å². The minimum atomic E-state index is -3.26. The van der Waals surface area contributed by atoms with Crippen LogP contribution in [0.5, 0.6) is 0 Å². The molecule has 0 bridgehead atoms. The highest BCUT2D eigenvalue weighted by atomic mass is 32.2. The van der Waals surface area contributed by atoms with E-state index in [2.05, 4.69) is 15.4 Å². The van der Waals surface area contributed by atoms with Crippen molar-refractivity contribution in [1.82, 2.24) is 15.4 Å². The van der Waals surface area contributed by atoms with Crippen molar-refractivity contribution < 1.29 is 22.5 Å². The topological polar surface area (TPSA) is 102 Å². The van der Waals surface area contributed by atoms with Gasteiger partial charge in [-0.05, 0) is 30.7 Å². The van der Waals surface area contributed by atoms with Crippen molar-refractivity contribution in [2.24, 2.45) is 0 Å². The molecule has 1 fully saturated rings. The molecule has 1 amide bonds. The number of carbonyl (C=O) groups excluding carboxylic acids is 1. The molecule has 1 aliphatic heterocycles. The Morgan fingerprint density at radius 1 is 1.21 bits per heavy atom. The molecule has 0 radical (unpaired) electrons. The standard InChI is InChI=1S/C19H25N3O5S/c1-2-13-28(24,25)16-5-3-15(4-6-16)18-14-17(21-27-18)19(23)20-7-8-22-9-11-26-12-10-22/h3-6,14H,2,7-13H2,1H3,(H,20,23). The molecule has 2 aromatic rings. The van der Waals surface area contributed by atoms with Crippen LogP contribution in [0.2, 0.25) is 0 Å². The smallest absolute Gasteiger partial charge is 0.273 e.